The van der Waals surface area contributed by atoms with Crippen molar-refractivity contribution in [1.82, 2.24) is 9.80 Å². The fraction of sp³-hybridized carbons (Fsp3) is 0.353. The van der Waals surface area contributed by atoms with Gasteiger partial charge < -0.3 is 5.32 Å². The van der Waals surface area contributed by atoms with Gasteiger partial charge in [0.15, 0.2) is 0 Å². The topological polar surface area (TPSA) is 35.6 Å². The van der Waals surface area contributed by atoms with E-state index in [2.05, 4.69) is 32.6 Å². The van der Waals surface area contributed by atoms with E-state index in [1.54, 1.807) is 0 Å². The summed E-state index contributed by atoms with van der Waals surface area (Å²) in [6.07, 6.45) is 0. The second-order valence-electron chi connectivity index (χ2n) is 5.55. The van der Waals surface area contributed by atoms with Crippen LogP contribution in [0.4, 0.5) is 5.69 Å². The van der Waals surface area contributed by atoms with Gasteiger partial charge in [0.05, 0.1) is 6.54 Å². The van der Waals surface area contributed by atoms with Gasteiger partial charge in [-0.15, -0.1) is 11.3 Å². The van der Waals surface area contributed by atoms with Crippen molar-refractivity contribution in [2.75, 3.05) is 38.0 Å². The van der Waals surface area contributed by atoms with Crippen LogP contribution in [0.5, 0.6) is 0 Å². The molecule has 1 fully saturated rings. The van der Waals surface area contributed by atoms with Crippen LogP contribution >= 0.6 is 11.3 Å². The summed E-state index contributed by atoms with van der Waals surface area (Å²) in [7, 11) is 0. The lowest BCUT2D eigenvalue weighted by atomic mass is 10.3. The summed E-state index contributed by atoms with van der Waals surface area (Å²) in [5.74, 6) is 0.0675. The van der Waals surface area contributed by atoms with Crippen LogP contribution in [0.2, 0.25) is 0 Å². The molecule has 0 unspecified atom stereocenters. The molecule has 2 heterocycles. The molecule has 0 bridgehead atoms. The zero-order chi connectivity index (χ0) is 15.2. The van der Waals surface area contributed by atoms with Crippen molar-refractivity contribution in [2.45, 2.75) is 6.54 Å². The lowest BCUT2D eigenvalue weighted by Crippen LogP contribution is -2.48. The van der Waals surface area contributed by atoms with E-state index in [1.165, 1.54) is 4.88 Å². The number of para-hydroxylation sites is 1. The Morgan fingerprint density at radius 3 is 2.41 bits per heavy atom. The number of rotatable bonds is 5. The molecular weight excluding hydrogens is 294 g/mol. The third-order valence-corrected chi connectivity index (χ3v) is 4.71. The Morgan fingerprint density at radius 1 is 1.00 bits per heavy atom. The van der Waals surface area contributed by atoms with Gasteiger partial charge in [0.1, 0.15) is 0 Å². The number of thiophene rings is 1. The van der Waals surface area contributed by atoms with Gasteiger partial charge in [-0.2, -0.15) is 0 Å². The highest BCUT2D eigenvalue weighted by molar-refractivity contribution is 7.09. The first-order valence-corrected chi connectivity index (χ1v) is 8.49. The van der Waals surface area contributed by atoms with Crippen LogP contribution in [0.15, 0.2) is 47.8 Å². The first-order valence-electron chi connectivity index (χ1n) is 7.61. The number of carbonyl (C=O) groups excluding carboxylic acids is 1. The molecular formula is C17H21N3OS. The van der Waals surface area contributed by atoms with Crippen LogP contribution in [0.25, 0.3) is 0 Å². The van der Waals surface area contributed by atoms with Crippen molar-refractivity contribution in [3.8, 4) is 0 Å². The van der Waals surface area contributed by atoms with Gasteiger partial charge in [-0.25, -0.2) is 0 Å². The molecule has 22 heavy (non-hydrogen) atoms. The number of amides is 1. The maximum Gasteiger partial charge on any atom is 0.238 e. The highest BCUT2D eigenvalue weighted by Gasteiger charge is 2.19. The lowest BCUT2D eigenvalue weighted by Gasteiger charge is -2.34. The molecule has 1 N–H and O–H groups in total. The van der Waals surface area contributed by atoms with Gasteiger partial charge in [-0.1, -0.05) is 24.3 Å². The number of benzene rings is 1. The van der Waals surface area contributed by atoms with Crippen LogP contribution in [0.1, 0.15) is 4.88 Å². The fourth-order valence-corrected chi connectivity index (χ4v) is 3.40. The van der Waals surface area contributed by atoms with Crippen LogP contribution in [0, 0.1) is 0 Å². The summed E-state index contributed by atoms with van der Waals surface area (Å²) in [5.41, 5.74) is 0.865. The molecule has 1 aliphatic rings. The summed E-state index contributed by atoms with van der Waals surface area (Å²) >= 11 is 1.81. The number of anilines is 1. The number of piperazine rings is 1. The summed E-state index contributed by atoms with van der Waals surface area (Å²) < 4.78 is 0. The van der Waals surface area contributed by atoms with E-state index in [-0.39, 0.29) is 5.91 Å². The molecule has 5 heteroatoms. The Hall–Kier alpha value is -1.69. The molecule has 0 atom stereocenters. The minimum absolute atomic E-state index is 0.0675. The number of nitrogens with one attached hydrogen (secondary N) is 1. The average Bonchev–Trinajstić information content (AvgIpc) is 3.03. The smallest absolute Gasteiger partial charge is 0.238 e. The Balaban J connectivity index is 1.41. The first-order chi connectivity index (χ1) is 10.8. The number of hydrogen-bond acceptors (Lipinski definition) is 4. The Kier molecular flexibility index (Phi) is 5.21. The van der Waals surface area contributed by atoms with Crippen molar-refractivity contribution < 1.29 is 4.79 Å². The highest BCUT2D eigenvalue weighted by Crippen LogP contribution is 2.13. The second-order valence-corrected chi connectivity index (χ2v) is 6.58. The predicted octanol–water partition coefficient (Wildman–Crippen LogP) is 2.50. The van der Waals surface area contributed by atoms with E-state index in [0.29, 0.717) is 6.54 Å². The second kappa shape index (κ2) is 7.54. The summed E-state index contributed by atoms with van der Waals surface area (Å²) in [6, 6.07) is 13.9. The largest absolute Gasteiger partial charge is 0.325 e. The normalized spacial score (nSPS) is 16.5. The Labute approximate surface area is 135 Å². The maximum absolute atomic E-state index is 12.1. The molecule has 4 nitrogen and oxygen atoms in total. The van der Waals surface area contributed by atoms with Gasteiger partial charge in [0.25, 0.3) is 0 Å². The van der Waals surface area contributed by atoms with Crippen molar-refractivity contribution in [3.05, 3.63) is 52.7 Å². The average molecular weight is 315 g/mol. The van der Waals surface area contributed by atoms with E-state index in [4.69, 9.17) is 0 Å². The molecule has 0 aliphatic carbocycles. The third-order valence-electron chi connectivity index (χ3n) is 3.85. The van der Waals surface area contributed by atoms with Gasteiger partial charge in [-0.3, -0.25) is 14.6 Å². The van der Waals surface area contributed by atoms with E-state index in [1.807, 2.05) is 41.7 Å². The number of nitrogens with zero attached hydrogens (tertiary/aromatic N) is 2. The molecule has 1 saturated heterocycles. The van der Waals surface area contributed by atoms with Crippen molar-refractivity contribution in [2.24, 2.45) is 0 Å². The maximum atomic E-state index is 12.1. The van der Waals surface area contributed by atoms with Crippen LogP contribution < -0.4 is 5.32 Å². The van der Waals surface area contributed by atoms with E-state index < -0.39 is 0 Å². The molecule has 2 aromatic rings. The van der Waals surface area contributed by atoms with E-state index in [9.17, 15) is 4.79 Å². The van der Waals surface area contributed by atoms with Crippen molar-refractivity contribution >= 4 is 22.9 Å². The molecule has 1 aromatic carbocycles. The molecule has 3 rings (SSSR count). The first kappa shape index (κ1) is 15.2. The monoisotopic (exact) mass is 315 g/mol. The minimum atomic E-state index is 0.0675. The molecule has 116 valence electrons. The van der Waals surface area contributed by atoms with Crippen LogP contribution in [-0.4, -0.2) is 48.4 Å². The lowest BCUT2D eigenvalue weighted by molar-refractivity contribution is -0.117. The molecule has 1 aromatic heterocycles. The minimum Gasteiger partial charge on any atom is -0.325 e. The van der Waals surface area contributed by atoms with Crippen LogP contribution in [0.3, 0.4) is 0 Å². The zero-order valence-electron chi connectivity index (χ0n) is 12.6. The third kappa shape index (κ3) is 4.40. The van der Waals surface area contributed by atoms with Gasteiger partial charge in [-0.05, 0) is 23.6 Å². The van der Waals surface area contributed by atoms with Gasteiger partial charge in [0.2, 0.25) is 5.91 Å². The summed E-state index contributed by atoms with van der Waals surface area (Å²) in [4.78, 5) is 18.1. The van der Waals surface area contributed by atoms with E-state index in [0.717, 1.165) is 38.4 Å². The van der Waals surface area contributed by atoms with Gasteiger partial charge >= 0.3 is 0 Å². The van der Waals surface area contributed by atoms with Crippen molar-refractivity contribution in [3.63, 3.8) is 0 Å². The predicted molar refractivity (Wildman–Crippen MR) is 91.1 cm³/mol. The molecule has 0 saturated carbocycles. The van der Waals surface area contributed by atoms with Gasteiger partial charge in [0, 0.05) is 43.3 Å². The Morgan fingerprint density at radius 2 is 1.73 bits per heavy atom. The summed E-state index contributed by atoms with van der Waals surface area (Å²) in [6.45, 7) is 5.46. The van der Waals surface area contributed by atoms with Crippen LogP contribution in [-0.2, 0) is 11.3 Å². The Bertz CT molecular complexity index is 577. The molecule has 1 amide bonds. The SMILES string of the molecule is O=C(CN1CCN(Cc2cccs2)CC1)Nc1ccccc1. The molecule has 0 radical (unpaired) electrons. The highest BCUT2D eigenvalue weighted by atomic mass is 32.1. The number of hydrogen-bond donors (Lipinski definition) is 1. The van der Waals surface area contributed by atoms with E-state index >= 15 is 0 Å². The fourth-order valence-electron chi connectivity index (χ4n) is 2.65. The number of carbonyl (C=O) groups is 1. The van der Waals surface area contributed by atoms with Crippen molar-refractivity contribution in [1.29, 1.82) is 0 Å². The standard InChI is InChI=1S/C17H21N3OS/c21-17(18-15-5-2-1-3-6-15)14-20-10-8-19(9-11-20)13-16-7-4-12-22-16/h1-7,12H,8-11,13-14H2,(H,18,21). The quantitative estimate of drug-likeness (QED) is 0.921. The zero-order valence-corrected chi connectivity index (χ0v) is 13.4. The molecule has 1 aliphatic heterocycles. The molecule has 0 spiro atoms. The summed E-state index contributed by atoms with van der Waals surface area (Å²) in [5, 5.41) is 5.07.